The van der Waals surface area contributed by atoms with E-state index in [2.05, 4.69) is 42.7 Å². The number of hydrogen-bond donors (Lipinski definition) is 3. The molecule has 0 radical (unpaired) electrons. The standard InChI is InChI=1S/C16H27N3OS/c1-5-17-15(19-12-16(2,3)21-4)18-10-13-8-6-7-9-14(13)11-20/h6-9,20H,5,10-12H2,1-4H3,(H2,17,18,19). The van der Waals surface area contributed by atoms with E-state index in [4.69, 9.17) is 0 Å². The van der Waals surface area contributed by atoms with Gasteiger partial charge in [0.25, 0.3) is 0 Å². The van der Waals surface area contributed by atoms with E-state index >= 15 is 0 Å². The van der Waals surface area contributed by atoms with Gasteiger partial charge in [0.15, 0.2) is 5.96 Å². The van der Waals surface area contributed by atoms with Crippen LogP contribution in [-0.2, 0) is 13.2 Å². The molecular formula is C16H27N3OS. The summed E-state index contributed by atoms with van der Waals surface area (Å²) in [6.45, 7) is 8.75. The number of aliphatic hydroxyl groups is 1. The highest BCUT2D eigenvalue weighted by molar-refractivity contribution is 7.99. The number of aliphatic hydroxyl groups excluding tert-OH is 1. The zero-order chi connectivity index (χ0) is 15.7. The van der Waals surface area contributed by atoms with Crippen LogP contribution in [0.25, 0.3) is 0 Å². The summed E-state index contributed by atoms with van der Waals surface area (Å²) in [6.07, 6.45) is 2.11. The molecule has 3 N–H and O–H groups in total. The number of guanidine groups is 1. The van der Waals surface area contributed by atoms with E-state index in [0.29, 0.717) is 6.54 Å². The highest BCUT2D eigenvalue weighted by Gasteiger charge is 2.16. The SMILES string of the molecule is CCNC(=NCc1ccccc1CO)NCC(C)(C)SC. The summed E-state index contributed by atoms with van der Waals surface area (Å²) in [5.41, 5.74) is 1.99. The highest BCUT2D eigenvalue weighted by atomic mass is 32.2. The van der Waals surface area contributed by atoms with Gasteiger partial charge in [0.1, 0.15) is 0 Å². The first-order valence-electron chi connectivity index (χ1n) is 7.27. The number of benzene rings is 1. The van der Waals surface area contributed by atoms with Crippen molar-refractivity contribution in [3.63, 3.8) is 0 Å². The van der Waals surface area contributed by atoms with E-state index < -0.39 is 0 Å². The quantitative estimate of drug-likeness (QED) is 0.535. The lowest BCUT2D eigenvalue weighted by Gasteiger charge is -2.23. The van der Waals surface area contributed by atoms with Crippen LogP contribution in [0.2, 0.25) is 0 Å². The second kappa shape index (κ2) is 8.95. The van der Waals surface area contributed by atoms with Crippen molar-refractivity contribution < 1.29 is 5.11 Å². The Morgan fingerprint density at radius 2 is 1.90 bits per heavy atom. The third kappa shape index (κ3) is 6.40. The average Bonchev–Trinajstić information content (AvgIpc) is 2.50. The molecular weight excluding hydrogens is 282 g/mol. The summed E-state index contributed by atoms with van der Waals surface area (Å²) in [7, 11) is 0. The van der Waals surface area contributed by atoms with Crippen molar-refractivity contribution >= 4 is 17.7 Å². The van der Waals surface area contributed by atoms with Crippen LogP contribution in [0.15, 0.2) is 29.3 Å². The summed E-state index contributed by atoms with van der Waals surface area (Å²) in [4.78, 5) is 4.60. The van der Waals surface area contributed by atoms with Crippen molar-refractivity contribution in [2.24, 2.45) is 4.99 Å². The smallest absolute Gasteiger partial charge is 0.191 e. The van der Waals surface area contributed by atoms with Gasteiger partial charge in [0, 0.05) is 17.8 Å². The lowest BCUT2D eigenvalue weighted by Crippen LogP contribution is -2.43. The minimum absolute atomic E-state index is 0.0508. The van der Waals surface area contributed by atoms with E-state index in [1.165, 1.54) is 0 Å². The molecule has 0 amide bonds. The van der Waals surface area contributed by atoms with Crippen molar-refractivity contribution in [3.05, 3.63) is 35.4 Å². The van der Waals surface area contributed by atoms with Gasteiger partial charge in [-0.15, -0.1) is 0 Å². The first-order chi connectivity index (χ1) is 10.0. The van der Waals surface area contributed by atoms with E-state index in [9.17, 15) is 5.11 Å². The maximum absolute atomic E-state index is 9.35. The minimum atomic E-state index is 0.0508. The van der Waals surface area contributed by atoms with Crippen molar-refractivity contribution in [2.45, 2.75) is 38.7 Å². The van der Waals surface area contributed by atoms with Gasteiger partial charge in [-0.3, -0.25) is 0 Å². The maximum Gasteiger partial charge on any atom is 0.191 e. The summed E-state index contributed by atoms with van der Waals surface area (Å²) >= 11 is 1.83. The zero-order valence-electron chi connectivity index (χ0n) is 13.4. The van der Waals surface area contributed by atoms with Crippen LogP contribution >= 0.6 is 11.8 Å². The summed E-state index contributed by atoms with van der Waals surface area (Å²) in [5.74, 6) is 0.812. The predicted octanol–water partition coefficient (Wildman–Crippen LogP) is 2.38. The van der Waals surface area contributed by atoms with Crippen LogP contribution in [-0.4, -0.2) is 35.2 Å². The van der Waals surface area contributed by atoms with Crippen molar-refractivity contribution in [2.75, 3.05) is 19.3 Å². The molecule has 0 saturated carbocycles. The highest BCUT2D eigenvalue weighted by Crippen LogP contribution is 2.19. The Bertz CT molecular complexity index is 461. The summed E-state index contributed by atoms with van der Waals surface area (Å²) in [6, 6.07) is 7.84. The van der Waals surface area contributed by atoms with Crippen LogP contribution < -0.4 is 10.6 Å². The van der Waals surface area contributed by atoms with Crippen molar-refractivity contribution in [1.29, 1.82) is 0 Å². The normalized spacial score (nSPS) is 12.3. The van der Waals surface area contributed by atoms with Crippen molar-refractivity contribution in [1.82, 2.24) is 10.6 Å². The molecule has 0 unspecified atom stereocenters. The molecule has 1 rings (SSSR count). The fourth-order valence-corrected chi connectivity index (χ4v) is 1.96. The topological polar surface area (TPSA) is 56.7 Å². The maximum atomic E-state index is 9.35. The van der Waals surface area contributed by atoms with E-state index in [-0.39, 0.29) is 11.4 Å². The van der Waals surface area contributed by atoms with Crippen LogP contribution in [0.5, 0.6) is 0 Å². The van der Waals surface area contributed by atoms with E-state index in [1.54, 1.807) is 0 Å². The second-order valence-corrected chi connectivity index (χ2v) is 6.95. The molecule has 118 valence electrons. The number of rotatable bonds is 7. The molecule has 0 atom stereocenters. The number of hydrogen-bond acceptors (Lipinski definition) is 3. The molecule has 5 heteroatoms. The molecule has 1 aromatic rings. The molecule has 0 heterocycles. The van der Waals surface area contributed by atoms with Crippen LogP contribution in [0, 0.1) is 0 Å². The second-order valence-electron chi connectivity index (χ2n) is 5.44. The Balaban J connectivity index is 2.71. The number of aliphatic imine (C=N–C) groups is 1. The van der Waals surface area contributed by atoms with Gasteiger partial charge in [-0.1, -0.05) is 24.3 Å². The Kier molecular flexibility index (Phi) is 7.61. The van der Waals surface area contributed by atoms with Gasteiger partial charge in [-0.2, -0.15) is 11.8 Å². The molecule has 0 aliphatic heterocycles. The van der Waals surface area contributed by atoms with Gasteiger partial charge in [0.2, 0.25) is 0 Å². The third-order valence-corrected chi connectivity index (χ3v) is 4.52. The minimum Gasteiger partial charge on any atom is -0.392 e. The molecule has 0 saturated heterocycles. The zero-order valence-corrected chi connectivity index (χ0v) is 14.3. The van der Waals surface area contributed by atoms with Gasteiger partial charge < -0.3 is 15.7 Å². The molecule has 4 nitrogen and oxygen atoms in total. The lowest BCUT2D eigenvalue weighted by molar-refractivity contribution is 0.280. The van der Waals surface area contributed by atoms with Gasteiger partial charge in [-0.25, -0.2) is 4.99 Å². The molecule has 0 aliphatic rings. The Morgan fingerprint density at radius 3 is 2.48 bits per heavy atom. The van der Waals surface area contributed by atoms with Gasteiger partial charge in [0.05, 0.1) is 13.2 Å². The first kappa shape index (κ1) is 17.9. The van der Waals surface area contributed by atoms with Crippen LogP contribution in [0.1, 0.15) is 31.9 Å². The predicted molar refractivity (Wildman–Crippen MR) is 92.8 cm³/mol. The fourth-order valence-electron chi connectivity index (χ4n) is 1.74. The number of thioether (sulfide) groups is 1. The third-order valence-electron chi connectivity index (χ3n) is 3.27. The lowest BCUT2D eigenvalue weighted by atomic mass is 10.1. The molecule has 0 fully saturated rings. The summed E-state index contributed by atoms with van der Waals surface area (Å²) < 4.78 is 0.166. The number of nitrogens with one attached hydrogen (secondary N) is 2. The molecule has 0 aromatic heterocycles. The Labute approximate surface area is 132 Å². The molecule has 0 bridgehead atoms. The largest absolute Gasteiger partial charge is 0.392 e. The Morgan fingerprint density at radius 1 is 1.24 bits per heavy atom. The summed E-state index contributed by atoms with van der Waals surface area (Å²) in [5, 5.41) is 16.0. The van der Waals surface area contributed by atoms with Gasteiger partial charge in [-0.05, 0) is 38.2 Å². The van der Waals surface area contributed by atoms with E-state index in [0.717, 1.165) is 30.2 Å². The Hall–Kier alpha value is -1.20. The molecule has 1 aromatic carbocycles. The number of nitrogens with zero attached hydrogens (tertiary/aromatic N) is 1. The van der Waals surface area contributed by atoms with Crippen LogP contribution in [0.3, 0.4) is 0 Å². The monoisotopic (exact) mass is 309 g/mol. The van der Waals surface area contributed by atoms with E-state index in [1.807, 2.05) is 36.0 Å². The first-order valence-corrected chi connectivity index (χ1v) is 8.50. The average molecular weight is 309 g/mol. The van der Waals surface area contributed by atoms with Gasteiger partial charge >= 0.3 is 0 Å². The molecule has 0 aliphatic carbocycles. The fraction of sp³-hybridized carbons (Fsp3) is 0.562. The van der Waals surface area contributed by atoms with Crippen LogP contribution in [0.4, 0.5) is 0 Å². The molecule has 0 spiro atoms. The molecule has 21 heavy (non-hydrogen) atoms. The van der Waals surface area contributed by atoms with Crippen molar-refractivity contribution in [3.8, 4) is 0 Å².